The molecule has 18 heavy (non-hydrogen) atoms. The molecule has 0 saturated heterocycles. The third-order valence-electron chi connectivity index (χ3n) is 3.37. The second-order valence-electron chi connectivity index (χ2n) is 4.85. The summed E-state index contributed by atoms with van der Waals surface area (Å²) >= 11 is 0. The van der Waals surface area contributed by atoms with Crippen LogP contribution in [-0.4, -0.2) is 24.0 Å². The lowest BCUT2D eigenvalue weighted by atomic mass is 10.00. The van der Waals surface area contributed by atoms with Crippen molar-refractivity contribution in [2.24, 2.45) is 5.73 Å². The van der Waals surface area contributed by atoms with E-state index in [1.807, 2.05) is 0 Å². The van der Waals surface area contributed by atoms with E-state index in [9.17, 15) is 4.39 Å². The van der Waals surface area contributed by atoms with E-state index in [1.54, 1.807) is 12.1 Å². The van der Waals surface area contributed by atoms with Crippen LogP contribution in [0, 0.1) is 5.82 Å². The maximum absolute atomic E-state index is 12.9. The fourth-order valence-corrected chi connectivity index (χ4v) is 2.28. The first-order chi connectivity index (χ1) is 8.60. The second kappa shape index (κ2) is 7.49. The zero-order valence-electron chi connectivity index (χ0n) is 11.7. The van der Waals surface area contributed by atoms with Crippen LogP contribution >= 0.6 is 0 Å². The van der Waals surface area contributed by atoms with Gasteiger partial charge in [0.15, 0.2) is 0 Å². The van der Waals surface area contributed by atoms with Gasteiger partial charge in [0.05, 0.1) is 0 Å². The summed E-state index contributed by atoms with van der Waals surface area (Å²) in [7, 11) is 0. The van der Waals surface area contributed by atoms with Crippen LogP contribution in [-0.2, 0) is 0 Å². The zero-order chi connectivity index (χ0) is 13.5. The minimum absolute atomic E-state index is 0.0660. The van der Waals surface area contributed by atoms with Crippen molar-refractivity contribution in [2.45, 2.75) is 45.7 Å². The van der Waals surface area contributed by atoms with Crippen LogP contribution in [0.3, 0.4) is 0 Å². The number of nitrogens with zero attached hydrogens (tertiary/aromatic N) is 1. The fourth-order valence-electron chi connectivity index (χ4n) is 2.28. The first-order valence-corrected chi connectivity index (χ1v) is 6.85. The third kappa shape index (κ3) is 4.07. The van der Waals surface area contributed by atoms with Gasteiger partial charge in [0.2, 0.25) is 0 Å². The number of benzene rings is 1. The first kappa shape index (κ1) is 15.1. The smallest absolute Gasteiger partial charge is 0.123 e. The van der Waals surface area contributed by atoms with E-state index >= 15 is 0 Å². The van der Waals surface area contributed by atoms with Gasteiger partial charge in [-0.2, -0.15) is 0 Å². The SMILES string of the molecule is CCCN(CCC)C(C)C(N)c1ccc(F)cc1. The summed E-state index contributed by atoms with van der Waals surface area (Å²) in [4.78, 5) is 2.41. The van der Waals surface area contributed by atoms with E-state index < -0.39 is 0 Å². The largest absolute Gasteiger partial charge is 0.323 e. The second-order valence-corrected chi connectivity index (χ2v) is 4.85. The monoisotopic (exact) mass is 252 g/mol. The number of hydrogen-bond acceptors (Lipinski definition) is 2. The maximum Gasteiger partial charge on any atom is 0.123 e. The molecule has 0 amide bonds. The van der Waals surface area contributed by atoms with Gasteiger partial charge >= 0.3 is 0 Å². The van der Waals surface area contributed by atoms with Gasteiger partial charge in [0, 0.05) is 12.1 Å². The molecule has 1 aromatic rings. The van der Waals surface area contributed by atoms with Gasteiger partial charge in [-0.1, -0.05) is 26.0 Å². The fraction of sp³-hybridized carbons (Fsp3) is 0.600. The molecule has 0 spiro atoms. The van der Waals surface area contributed by atoms with Crippen molar-refractivity contribution in [1.29, 1.82) is 0 Å². The van der Waals surface area contributed by atoms with Crippen molar-refractivity contribution in [3.63, 3.8) is 0 Å². The highest BCUT2D eigenvalue weighted by molar-refractivity contribution is 5.20. The lowest BCUT2D eigenvalue weighted by molar-refractivity contribution is 0.184. The highest BCUT2D eigenvalue weighted by Crippen LogP contribution is 2.19. The Labute approximate surface area is 110 Å². The van der Waals surface area contributed by atoms with E-state index in [0.29, 0.717) is 0 Å². The number of hydrogen-bond donors (Lipinski definition) is 1. The molecule has 2 nitrogen and oxygen atoms in total. The molecule has 1 aromatic carbocycles. The lowest BCUT2D eigenvalue weighted by Gasteiger charge is -2.32. The molecule has 2 N–H and O–H groups in total. The van der Waals surface area contributed by atoms with E-state index in [4.69, 9.17) is 5.73 Å². The molecule has 102 valence electrons. The average Bonchev–Trinajstić information content (AvgIpc) is 2.38. The van der Waals surface area contributed by atoms with Gasteiger partial charge in [-0.3, -0.25) is 4.90 Å². The molecular weight excluding hydrogens is 227 g/mol. The summed E-state index contributed by atoms with van der Waals surface area (Å²) in [6, 6.07) is 6.73. The Kier molecular flexibility index (Phi) is 6.30. The minimum Gasteiger partial charge on any atom is -0.323 e. The molecule has 0 saturated carbocycles. The van der Waals surface area contributed by atoms with E-state index in [0.717, 1.165) is 31.5 Å². The molecule has 0 bridgehead atoms. The summed E-state index contributed by atoms with van der Waals surface area (Å²) in [5.41, 5.74) is 7.29. The van der Waals surface area contributed by atoms with Crippen LogP contribution in [0.4, 0.5) is 4.39 Å². The van der Waals surface area contributed by atoms with Crippen LogP contribution in [0.25, 0.3) is 0 Å². The Balaban J connectivity index is 2.73. The van der Waals surface area contributed by atoms with Crippen LogP contribution in [0.2, 0.25) is 0 Å². The summed E-state index contributed by atoms with van der Waals surface area (Å²) in [5, 5.41) is 0. The number of halogens is 1. The molecular formula is C15H25FN2. The van der Waals surface area contributed by atoms with Crippen molar-refractivity contribution >= 4 is 0 Å². The Morgan fingerprint density at radius 1 is 1.11 bits per heavy atom. The van der Waals surface area contributed by atoms with Crippen molar-refractivity contribution in [3.05, 3.63) is 35.6 Å². The quantitative estimate of drug-likeness (QED) is 0.806. The van der Waals surface area contributed by atoms with Crippen molar-refractivity contribution in [2.75, 3.05) is 13.1 Å². The van der Waals surface area contributed by atoms with E-state index in [-0.39, 0.29) is 17.9 Å². The molecule has 0 heterocycles. The highest BCUT2D eigenvalue weighted by Gasteiger charge is 2.20. The number of rotatable bonds is 7. The molecule has 0 aliphatic carbocycles. The normalized spacial score (nSPS) is 14.8. The highest BCUT2D eigenvalue weighted by atomic mass is 19.1. The predicted octanol–water partition coefficient (Wildman–Crippen LogP) is 3.34. The average molecular weight is 252 g/mol. The van der Waals surface area contributed by atoms with Crippen molar-refractivity contribution < 1.29 is 4.39 Å². The summed E-state index contributed by atoms with van der Waals surface area (Å²) in [6.45, 7) is 8.63. The molecule has 0 fully saturated rings. The minimum atomic E-state index is -0.211. The predicted molar refractivity (Wildman–Crippen MR) is 74.9 cm³/mol. The summed E-state index contributed by atoms with van der Waals surface area (Å²) < 4.78 is 12.9. The van der Waals surface area contributed by atoms with Gasteiger partial charge in [-0.15, -0.1) is 0 Å². The molecule has 0 radical (unpaired) electrons. The molecule has 2 atom stereocenters. The lowest BCUT2D eigenvalue weighted by Crippen LogP contribution is -2.41. The third-order valence-corrected chi connectivity index (χ3v) is 3.37. The zero-order valence-corrected chi connectivity index (χ0v) is 11.7. The Hall–Kier alpha value is -0.930. The van der Waals surface area contributed by atoms with Gasteiger partial charge in [-0.25, -0.2) is 4.39 Å². The van der Waals surface area contributed by atoms with Crippen LogP contribution in [0.5, 0.6) is 0 Å². The number of nitrogens with two attached hydrogens (primary N) is 1. The van der Waals surface area contributed by atoms with Gasteiger partial charge in [0.1, 0.15) is 5.82 Å². The molecule has 2 unspecified atom stereocenters. The summed E-state index contributed by atoms with van der Waals surface area (Å²) in [5.74, 6) is -0.211. The Bertz CT molecular complexity index is 331. The Morgan fingerprint density at radius 3 is 2.06 bits per heavy atom. The van der Waals surface area contributed by atoms with Gasteiger partial charge in [0.25, 0.3) is 0 Å². The van der Waals surface area contributed by atoms with Gasteiger partial charge < -0.3 is 5.73 Å². The molecule has 3 heteroatoms. The standard InChI is InChI=1S/C15H25FN2/c1-4-10-18(11-5-2)12(3)15(17)13-6-8-14(16)9-7-13/h6-9,12,15H,4-5,10-11,17H2,1-3H3. The van der Waals surface area contributed by atoms with Crippen molar-refractivity contribution in [1.82, 2.24) is 4.90 Å². The van der Waals surface area contributed by atoms with Crippen LogP contribution in [0.15, 0.2) is 24.3 Å². The Morgan fingerprint density at radius 2 is 1.61 bits per heavy atom. The van der Waals surface area contributed by atoms with Crippen LogP contribution < -0.4 is 5.73 Å². The van der Waals surface area contributed by atoms with Crippen LogP contribution in [0.1, 0.15) is 45.2 Å². The van der Waals surface area contributed by atoms with E-state index in [2.05, 4.69) is 25.7 Å². The summed E-state index contributed by atoms with van der Waals surface area (Å²) in [6.07, 6.45) is 2.25. The molecule has 1 rings (SSSR count). The maximum atomic E-state index is 12.9. The molecule has 0 aliphatic heterocycles. The van der Waals surface area contributed by atoms with Gasteiger partial charge in [-0.05, 0) is 50.6 Å². The topological polar surface area (TPSA) is 29.3 Å². The molecule has 0 aliphatic rings. The van der Waals surface area contributed by atoms with E-state index in [1.165, 1.54) is 12.1 Å². The first-order valence-electron chi connectivity index (χ1n) is 6.85. The molecule has 0 aromatic heterocycles. The van der Waals surface area contributed by atoms with Crippen molar-refractivity contribution in [3.8, 4) is 0 Å².